The van der Waals surface area contributed by atoms with Gasteiger partial charge in [0, 0.05) is 11.3 Å². The molecule has 2 rings (SSSR count). The van der Waals surface area contributed by atoms with E-state index < -0.39 is 5.97 Å². The molecule has 2 aromatic heterocycles. The zero-order valence-electron chi connectivity index (χ0n) is 11.0. The summed E-state index contributed by atoms with van der Waals surface area (Å²) in [6, 6.07) is 3.87. The molecular weight excluding hydrogens is 318 g/mol. The van der Waals surface area contributed by atoms with Crippen molar-refractivity contribution in [2.75, 3.05) is 5.75 Å². The highest BCUT2D eigenvalue weighted by Crippen LogP contribution is 2.32. The normalized spacial score (nSPS) is 12.6. The second-order valence-electron chi connectivity index (χ2n) is 4.12. The van der Waals surface area contributed by atoms with Crippen LogP contribution in [0.1, 0.15) is 30.6 Å². The van der Waals surface area contributed by atoms with Gasteiger partial charge in [-0.2, -0.15) is 0 Å². The van der Waals surface area contributed by atoms with Crippen molar-refractivity contribution < 1.29 is 9.90 Å². The van der Waals surface area contributed by atoms with E-state index in [0.29, 0.717) is 5.16 Å². The van der Waals surface area contributed by atoms with Crippen molar-refractivity contribution in [3.05, 3.63) is 27.2 Å². The summed E-state index contributed by atoms with van der Waals surface area (Å²) < 4.78 is 2.72. The molecule has 0 bridgehead atoms. The Kier molecular flexibility index (Phi) is 5.06. The van der Waals surface area contributed by atoms with Crippen molar-refractivity contribution in [3.63, 3.8) is 0 Å². The minimum Gasteiger partial charge on any atom is -0.481 e. The van der Waals surface area contributed by atoms with Gasteiger partial charge >= 0.3 is 5.97 Å². The van der Waals surface area contributed by atoms with E-state index in [0.717, 1.165) is 21.5 Å². The number of hydrogen-bond donors (Lipinski definition) is 1. The zero-order chi connectivity index (χ0) is 14.7. The Morgan fingerprint density at radius 2 is 2.30 bits per heavy atom. The number of aromatic nitrogens is 3. The summed E-state index contributed by atoms with van der Waals surface area (Å²) in [7, 11) is 0. The number of rotatable bonds is 6. The Balaban J connectivity index is 2.32. The van der Waals surface area contributed by atoms with Crippen LogP contribution in [0.5, 0.6) is 0 Å². The molecule has 0 aliphatic carbocycles. The largest absolute Gasteiger partial charge is 0.481 e. The van der Waals surface area contributed by atoms with Crippen molar-refractivity contribution in [3.8, 4) is 0 Å². The van der Waals surface area contributed by atoms with Gasteiger partial charge in [0.1, 0.15) is 5.82 Å². The molecule has 0 aromatic carbocycles. The summed E-state index contributed by atoms with van der Waals surface area (Å²) >= 11 is 8.67. The molecule has 0 spiro atoms. The van der Waals surface area contributed by atoms with Gasteiger partial charge in [-0.1, -0.05) is 30.3 Å². The van der Waals surface area contributed by atoms with Crippen LogP contribution >= 0.6 is 34.7 Å². The first-order valence-corrected chi connectivity index (χ1v) is 8.24. The molecular formula is C12H14ClN3O2S2. The standard InChI is InChI=1S/C12H14ClN3O2S2/c1-3-10-14-15-12(19-6-11(17)18)16(10)7(2)8-4-5-9(13)20-8/h4-5,7H,3,6H2,1-2H3,(H,17,18). The maximum Gasteiger partial charge on any atom is 0.313 e. The highest BCUT2D eigenvalue weighted by atomic mass is 35.5. The van der Waals surface area contributed by atoms with E-state index in [1.807, 2.05) is 30.5 Å². The first kappa shape index (κ1) is 15.3. The second kappa shape index (κ2) is 6.60. The summed E-state index contributed by atoms with van der Waals surface area (Å²) in [5.74, 6) is -0.0518. The van der Waals surface area contributed by atoms with Crippen molar-refractivity contribution in [2.45, 2.75) is 31.5 Å². The number of hydrogen-bond acceptors (Lipinski definition) is 5. The number of nitrogens with zero attached hydrogens (tertiary/aromatic N) is 3. The lowest BCUT2D eigenvalue weighted by atomic mass is 10.2. The van der Waals surface area contributed by atoms with E-state index in [1.165, 1.54) is 23.1 Å². The van der Waals surface area contributed by atoms with E-state index in [9.17, 15) is 4.79 Å². The quantitative estimate of drug-likeness (QED) is 0.822. The molecule has 1 N–H and O–H groups in total. The van der Waals surface area contributed by atoms with Crippen molar-refractivity contribution in [1.29, 1.82) is 0 Å². The molecule has 0 fully saturated rings. The number of aryl methyl sites for hydroxylation is 1. The summed E-state index contributed by atoms with van der Waals surface area (Å²) in [5.41, 5.74) is 0. The number of aliphatic carboxylic acids is 1. The molecule has 2 heterocycles. The Morgan fingerprint density at radius 1 is 1.55 bits per heavy atom. The van der Waals surface area contributed by atoms with Crippen LogP contribution in [0.25, 0.3) is 0 Å². The summed E-state index contributed by atoms with van der Waals surface area (Å²) in [6.07, 6.45) is 0.740. The third kappa shape index (κ3) is 3.34. The second-order valence-corrected chi connectivity index (χ2v) is 6.81. The minimum atomic E-state index is -0.866. The lowest BCUT2D eigenvalue weighted by Gasteiger charge is -2.16. The number of carbonyl (C=O) groups is 1. The fraction of sp³-hybridized carbons (Fsp3) is 0.417. The lowest BCUT2D eigenvalue weighted by molar-refractivity contribution is -0.133. The van der Waals surface area contributed by atoms with Crippen molar-refractivity contribution in [2.24, 2.45) is 0 Å². The molecule has 5 nitrogen and oxygen atoms in total. The summed E-state index contributed by atoms with van der Waals surface area (Å²) in [4.78, 5) is 11.8. The number of thiophene rings is 1. The Hall–Kier alpha value is -1.05. The van der Waals surface area contributed by atoms with Gasteiger partial charge < -0.3 is 5.11 Å². The first-order valence-electron chi connectivity index (χ1n) is 6.06. The predicted molar refractivity (Wildman–Crippen MR) is 80.9 cm³/mol. The van der Waals surface area contributed by atoms with E-state index in [1.54, 1.807) is 0 Å². The Morgan fingerprint density at radius 3 is 2.85 bits per heavy atom. The van der Waals surface area contributed by atoms with Crippen LogP contribution < -0.4 is 0 Å². The van der Waals surface area contributed by atoms with Crippen LogP contribution in [0, 0.1) is 0 Å². The highest BCUT2D eigenvalue weighted by Gasteiger charge is 2.20. The predicted octanol–water partition coefficient (Wildman–Crippen LogP) is 3.34. The number of halogens is 1. The minimum absolute atomic E-state index is 0.0280. The summed E-state index contributed by atoms with van der Waals surface area (Å²) in [5, 5.41) is 17.7. The monoisotopic (exact) mass is 331 g/mol. The lowest BCUT2D eigenvalue weighted by Crippen LogP contribution is -2.11. The first-order chi connectivity index (χ1) is 9.52. The number of carboxylic acid groups (broad SMARTS) is 1. The molecule has 8 heteroatoms. The van der Waals surface area contributed by atoms with Gasteiger partial charge in [0.05, 0.1) is 16.1 Å². The van der Waals surface area contributed by atoms with Crippen LogP contribution in [0.15, 0.2) is 17.3 Å². The van der Waals surface area contributed by atoms with Gasteiger partial charge in [0.2, 0.25) is 0 Å². The van der Waals surface area contributed by atoms with E-state index >= 15 is 0 Å². The molecule has 1 unspecified atom stereocenters. The van der Waals surface area contributed by atoms with E-state index in [2.05, 4.69) is 10.2 Å². The van der Waals surface area contributed by atoms with Gasteiger partial charge in [-0.05, 0) is 19.1 Å². The molecule has 0 saturated carbocycles. The third-order valence-corrected chi connectivity index (χ3v) is 5.10. The molecule has 0 aliphatic rings. The van der Waals surface area contributed by atoms with Gasteiger partial charge in [-0.25, -0.2) is 0 Å². The van der Waals surface area contributed by atoms with Crippen LogP contribution in [0.2, 0.25) is 4.34 Å². The number of thioether (sulfide) groups is 1. The molecule has 108 valence electrons. The third-order valence-electron chi connectivity index (χ3n) is 2.77. The maximum absolute atomic E-state index is 10.7. The van der Waals surface area contributed by atoms with Crippen LogP contribution in [0.3, 0.4) is 0 Å². The topological polar surface area (TPSA) is 68.0 Å². The van der Waals surface area contributed by atoms with Crippen LogP contribution in [-0.2, 0) is 11.2 Å². The fourth-order valence-electron chi connectivity index (χ4n) is 1.84. The van der Waals surface area contributed by atoms with E-state index in [4.69, 9.17) is 16.7 Å². The molecule has 0 radical (unpaired) electrons. The molecule has 0 aliphatic heterocycles. The molecule has 20 heavy (non-hydrogen) atoms. The van der Waals surface area contributed by atoms with Crippen LogP contribution in [-0.4, -0.2) is 31.6 Å². The Bertz CT molecular complexity index is 612. The van der Waals surface area contributed by atoms with Crippen molar-refractivity contribution >= 4 is 40.7 Å². The highest BCUT2D eigenvalue weighted by molar-refractivity contribution is 7.99. The molecule has 0 amide bonds. The SMILES string of the molecule is CCc1nnc(SCC(=O)O)n1C(C)c1ccc(Cl)s1. The van der Waals surface area contributed by atoms with E-state index in [-0.39, 0.29) is 11.8 Å². The average molecular weight is 332 g/mol. The zero-order valence-corrected chi connectivity index (χ0v) is 13.4. The number of carboxylic acids is 1. The van der Waals surface area contributed by atoms with Crippen LogP contribution in [0.4, 0.5) is 0 Å². The fourth-order valence-corrected chi connectivity index (χ4v) is 3.70. The summed E-state index contributed by atoms with van der Waals surface area (Å²) in [6.45, 7) is 4.04. The molecule has 0 saturated heterocycles. The smallest absolute Gasteiger partial charge is 0.313 e. The van der Waals surface area contributed by atoms with Gasteiger partial charge in [0.15, 0.2) is 5.16 Å². The van der Waals surface area contributed by atoms with Gasteiger partial charge in [-0.15, -0.1) is 21.5 Å². The van der Waals surface area contributed by atoms with Crippen molar-refractivity contribution in [1.82, 2.24) is 14.8 Å². The molecule has 2 aromatic rings. The van der Waals surface area contributed by atoms with Gasteiger partial charge in [-0.3, -0.25) is 9.36 Å². The Labute approximate surface area is 130 Å². The van der Waals surface area contributed by atoms with Gasteiger partial charge in [0.25, 0.3) is 0 Å². The average Bonchev–Trinajstić information content (AvgIpc) is 3.01. The molecule has 1 atom stereocenters. The maximum atomic E-state index is 10.7.